The summed E-state index contributed by atoms with van der Waals surface area (Å²) in [4.78, 5) is 11.3. The average Bonchev–Trinajstić information content (AvgIpc) is 2.23. The largest absolute Gasteiger partial charge is 0.346 e. The van der Waals surface area contributed by atoms with Gasteiger partial charge in [-0.3, -0.25) is 4.79 Å². The lowest BCUT2D eigenvalue weighted by Crippen LogP contribution is -2.51. The number of halogens is 2. The van der Waals surface area contributed by atoms with Crippen molar-refractivity contribution in [1.29, 1.82) is 0 Å². The Bertz CT molecular complexity index is 404. The Morgan fingerprint density at radius 2 is 2.25 bits per heavy atom. The van der Waals surface area contributed by atoms with Crippen molar-refractivity contribution >= 4 is 17.5 Å². The molecule has 1 saturated carbocycles. The first kappa shape index (κ1) is 11.4. The molecule has 0 radical (unpaired) electrons. The van der Waals surface area contributed by atoms with Crippen molar-refractivity contribution in [2.75, 3.05) is 5.88 Å². The van der Waals surface area contributed by atoms with Gasteiger partial charge in [0, 0.05) is 0 Å². The normalized spacial score (nSPS) is 17.6. The summed E-state index contributed by atoms with van der Waals surface area (Å²) >= 11 is 5.47. The van der Waals surface area contributed by atoms with Gasteiger partial charge in [-0.2, -0.15) is 0 Å². The molecule has 1 aromatic rings. The van der Waals surface area contributed by atoms with E-state index in [0.29, 0.717) is 0 Å². The van der Waals surface area contributed by atoms with Crippen LogP contribution in [-0.2, 0) is 10.3 Å². The van der Waals surface area contributed by atoms with Crippen LogP contribution in [0, 0.1) is 5.82 Å². The van der Waals surface area contributed by atoms with Gasteiger partial charge in [0.25, 0.3) is 0 Å². The highest BCUT2D eigenvalue weighted by Crippen LogP contribution is 2.41. The Hall–Kier alpha value is -1.09. The third-order valence-corrected chi connectivity index (χ3v) is 3.33. The van der Waals surface area contributed by atoms with Crippen LogP contribution in [0.2, 0.25) is 0 Å². The number of carbonyl (C=O) groups excluding carboxylic acids is 1. The van der Waals surface area contributed by atoms with Gasteiger partial charge in [-0.15, -0.1) is 11.6 Å². The summed E-state index contributed by atoms with van der Waals surface area (Å²) in [5, 5.41) is 2.89. The van der Waals surface area contributed by atoms with Gasteiger partial charge in [0.1, 0.15) is 11.7 Å². The second kappa shape index (κ2) is 4.42. The summed E-state index contributed by atoms with van der Waals surface area (Å²) in [6.45, 7) is 0. The fraction of sp³-hybridized carbons (Fsp3) is 0.417. The summed E-state index contributed by atoms with van der Waals surface area (Å²) < 4.78 is 13.1. The molecule has 0 bridgehead atoms. The number of amides is 1. The van der Waals surface area contributed by atoms with Crippen molar-refractivity contribution in [1.82, 2.24) is 5.32 Å². The van der Waals surface area contributed by atoms with Crippen molar-refractivity contribution in [3.05, 3.63) is 35.6 Å². The van der Waals surface area contributed by atoms with Gasteiger partial charge in [0.05, 0.1) is 5.54 Å². The molecule has 1 aliphatic carbocycles. The number of carbonyl (C=O) groups is 1. The van der Waals surface area contributed by atoms with E-state index >= 15 is 0 Å². The molecule has 1 aromatic carbocycles. The van der Waals surface area contributed by atoms with Crippen LogP contribution in [0.25, 0.3) is 0 Å². The molecule has 1 fully saturated rings. The van der Waals surface area contributed by atoms with E-state index in [4.69, 9.17) is 11.6 Å². The van der Waals surface area contributed by atoms with E-state index in [1.54, 1.807) is 6.07 Å². The molecule has 1 amide bonds. The Balaban J connectivity index is 2.24. The van der Waals surface area contributed by atoms with Crippen LogP contribution in [0.5, 0.6) is 0 Å². The molecule has 86 valence electrons. The van der Waals surface area contributed by atoms with Crippen LogP contribution in [-0.4, -0.2) is 11.8 Å². The quantitative estimate of drug-likeness (QED) is 0.810. The first-order valence-electron chi connectivity index (χ1n) is 5.29. The summed E-state index contributed by atoms with van der Waals surface area (Å²) in [5.41, 5.74) is 0.436. The molecule has 1 aliphatic rings. The molecule has 16 heavy (non-hydrogen) atoms. The topological polar surface area (TPSA) is 29.1 Å². The standard InChI is InChI=1S/C12H13ClFNO/c13-8-11(16)15-12(5-2-6-12)9-3-1-4-10(14)7-9/h1,3-4,7H,2,5-6,8H2,(H,15,16). The number of rotatable bonds is 3. The Morgan fingerprint density at radius 1 is 1.50 bits per heavy atom. The first-order chi connectivity index (χ1) is 7.66. The van der Waals surface area contributed by atoms with Crippen LogP contribution in [0.4, 0.5) is 4.39 Å². The molecule has 0 heterocycles. The van der Waals surface area contributed by atoms with Gasteiger partial charge in [-0.25, -0.2) is 4.39 Å². The van der Waals surface area contributed by atoms with Crippen LogP contribution in [0.3, 0.4) is 0 Å². The van der Waals surface area contributed by atoms with Crippen molar-refractivity contribution in [3.63, 3.8) is 0 Å². The van der Waals surface area contributed by atoms with Crippen LogP contribution in [0.15, 0.2) is 24.3 Å². The molecule has 0 unspecified atom stereocenters. The minimum atomic E-state index is -0.395. The van der Waals surface area contributed by atoms with E-state index < -0.39 is 5.54 Å². The van der Waals surface area contributed by atoms with E-state index in [9.17, 15) is 9.18 Å². The smallest absolute Gasteiger partial charge is 0.235 e. The molecule has 0 aliphatic heterocycles. The van der Waals surface area contributed by atoms with Gasteiger partial charge < -0.3 is 5.32 Å². The third-order valence-electron chi connectivity index (χ3n) is 3.08. The zero-order chi connectivity index (χ0) is 11.6. The second-order valence-corrected chi connectivity index (χ2v) is 4.40. The highest BCUT2D eigenvalue weighted by molar-refractivity contribution is 6.27. The van der Waals surface area contributed by atoms with E-state index in [1.165, 1.54) is 12.1 Å². The van der Waals surface area contributed by atoms with Crippen molar-refractivity contribution < 1.29 is 9.18 Å². The van der Waals surface area contributed by atoms with Gasteiger partial charge in [0.2, 0.25) is 5.91 Å². The van der Waals surface area contributed by atoms with Crippen molar-refractivity contribution in [2.24, 2.45) is 0 Å². The second-order valence-electron chi connectivity index (χ2n) is 4.13. The minimum absolute atomic E-state index is 0.0585. The predicted molar refractivity (Wildman–Crippen MR) is 60.8 cm³/mol. The fourth-order valence-corrected chi connectivity index (χ4v) is 2.17. The van der Waals surface area contributed by atoms with E-state index in [1.807, 2.05) is 6.07 Å². The minimum Gasteiger partial charge on any atom is -0.346 e. The maximum atomic E-state index is 13.1. The van der Waals surface area contributed by atoms with Crippen molar-refractivity contribution in [2.45, 2.75) is 24.8 Å². The van der Waals surface area contributed by atoms with Crippen LogP contribution < -0.4 is 5.32 Å². The predicted octanol–water partition coefficient (Wildman–Crippen LogP) is 2.56. The fourth-order valence-electron chi connectivity index (χ4n) is 2.10. The molecule has 4 heteroatoms. The summed E-state index contributed by atoms with van der Waals surface area (Å²) in [6, 6.07) is 6.39. The molecule has 0 saturated heterocycles. The third kappa shape index (κ3) is 2.05. The maximum absolute atomic E-state index is 13.1. The number of hydrogen-bond acceptors (Lipinski definition) is 1. The number of hydrogen-bond donors (Lipinski definition) is 1. The SMILES string of the molecule is O=C(CCl)NC1(c2cccc(F)c2)CCC1. The lowest BCUT2D eigenvalue weighted by molar-refractivity contribution is -0.121. The molecular formula is C12H13ClFNO. The molecule has 1 N–H and O–H groups in total. The van der Waals surface area contributed by atoms with Gasteiger partial charge in [0.15, 0.2) is 0 Å². The van der Waals surface area contributed by atoms with Gasteiger partial charge >= 0.3 is 0 Å². The Kier molecular flexibility index (Phi) is 3.15. The van der Waals surface area contributed by atoms with Gasteiger partial charge in [-0.05, 0) is 37.0 Å². The lowest BCUT2D eigenvalue weighted by Gasteiger charge is -2.43. The molecule has 2 nitrogen and oxygen atoms in total. The lowest BCUT2D eigenvalue weighted by atomic mass is 9.72. The average molecular weight is 242 g/mol. The number of benzene rings is 1. The van der Waals surface area contributed by atoms with E-state index in [2.05, 4.69) is 5.32 Å². The highest BCUT2D eigenvalue weighted by atomic mass is 35.5. The monoisotopic (exact) mass is 241 g/mol. The Labute approximate surface area is 98.8 Å². The molecular weight excluding hydrogens is 229 g/mol. The molecule has 0 spiro atoms. The first-order valence-corrected chi connectivity index (χ1v) is 5.83. The summed E-state index contributed by atoms with van der Waals surface area (Å²) in [6.07, 6.45) is 2.73. The maximum Gasteiger partial charge on any atom is 0.235 e. The molecule has 2 rings (SSSR count). The highest BCUT2D eigenvalue weighted by Gasteiger charge is 2.39. The van der Waals surface area contributed by atoms with E-state index in [-0.39, 0.29) is 17.6 Å². The zero-order valence-electron chi connectivity index (χ0n) is 8.80. The number of alkyl halides is 1. The summed E-state index contributed by atoms with van der Waals surface area (Å²) in [7, 11) is 0. The van der Waals surface area contributed by atoms with Crippen molar-refractivity contribution in [3.8, 4) is 0 Å². The number of nitrogens with one attached hydrogen (secondary N) is 1. The van der Waals surface area contributed by atoms with Crippen LogP contribution >= 0.6 is 11.6 Å². The van der Waals surface area contributed by atoms with Gasteiger partial charge in [-0.1, -0.05) is 12.1 Å². The van der Waals surface area contributed by atoms with Crippen LogP contribution in [0.1, 0.15) is 24.8 Å². The van der Waals surface area contributed by atoms with E-state index in [0.717, 1.165) is 24.8 Å². The zero-order valence-corrected chi connectivity index (χ0v) is 9.56. The molecule has 0 atom stereocenters. The summed E-state index contributed by atoms with van der Waals surface area (Å²) in [5.74, 6) is -0.536. The Morgan fingerprint density at radius 3 is 2.75 bits per heavy atom. The molecule has 0 aromatic heterocycles.